The van der Waals surface area contributed by atoms with Crippen molar-refractivity contribution < 1.29 is 0 Å². The molecule has 0 amide bonds. The standard InChI is InChI=1S/C43H47N/c1-41(2,3)32-26-29(27-33(28-32)42(4,5)6)25-31-19-15-22-36-35-20-13-14-23-37(35)44(40(31)36)38-24-16-21-34(39(38)43(7,8)9)30-17-11-10-12-18-30/h10-24,26-28H,25H2,1-9H3. The number of para-hydroxylation sites is 2. The number of benzene rings is 5. The molecule has 6 aromatic rings. The summed E-state index contributed by atoms with van der Waals surface area (Å²) >= 11 is 0. The maximum atomic E-state index is 2.56. The molecule has 0 radical (unpaired) electrons. The second-order valence-electron chi connectivity index (χ2n) is 15.6. The van der Waals surface area contributed by atoms with Gasteiger partial charge in [0.25, 0.3) is 0 Å². The predicted molar refractivity (Wildman–Crippen MR) is 192 cm³/mol. The van der Waals surface area contributed by atoms with E-state index >= 15 is 0 Å². The molecule has 6 rings (SSSR count). The summed E-state index contributed by atoms with van der Waals surface area (Å²) in [5.41, 5.74) is 13.4. The summed E-state index contributed by atoms with van der Waals surface area (Å²) in [6.07, 6.45) is 0.879. The van der Waals surface area contributed by atoms with Crippen molar-refractivity contribution in [1.82, 2.24) is 4.57 Å². The largest absolute Gasteiger partial charge is 0.309 e. The van der Waals surface area contributed by atoms with Crippen LogP contribution in [0.1, 0.15) is 90.1 Å². The van der Waals surface area contributed by atoms with Gasteiger partial charge >= 0.3 is 0 Å². The Morgan fingerprint density at radius 3 is 1.75 bits per heavy atom. The highest BCUT2D eigenvalue weighted by Gasteiger charge is 2.27. The van der Waals surface area contributed by atoms with E-state index in [-0.39, 0.29) is 16.2 Å². The maximum Gasteiger partial charge on any atom is 0.0576 e. The summed E-state index contributed by atoms with van der Waals surface area (Å²) < 4.78 is 2.56. The highest BCUT2D eigenvalue weighted by atomic mass is 15.0. The number of aromatic nitrogens is 1. The van der Waals surface area contributed by atoms with Crippen molar-refractivity contribution in [2.24, 2.45) is 0 Å². The Morgan fingerprint density at radius 1 is 0.523 bits per heavy atom. The van der Waals surface area contributed by atoms with Gasteiger partial charge in [-0.2, -0.15) is 0 Å². The lowest BCUT2D eigenvalue weighted by Gasteiger charge is -2.28. The predicted octanol–water partition coefficient (Wildman–Crippen LogP) is 11.9. The molecule has 224 valence electrons. The van der Waals surface area contributed by atoms with Crippen molar-refractivity contribution in [3.8, 4) is 16.8 Å². The smallest absolute Gasteiger partial charge is 0.0576 e. The average molecular weight is 578 g/mol. The first-order chi connectivity index (χ1) is 20.7. The summed E-state index contributed by atoms with van der Waals surface area (Å²) in [6, 6.07) is 40.8. The minimum Gasteiger partial charge on any atom is -0.309 e. The van der Waals surface area contributed by atoms with Crippen LogP contribution in [0.4, 0.5) is 0 Å². The third-order valence-corrected chi connectivity index (χ3v) is 9.02. The highest BCUT2D eigenvalue weighted by Crippen LogP contribution is 2.42. The summed E-state index contributed by atoms with van der Waals surface area (Å²) in [4.78, 5) is 0. The van der Waals surface area contributed by atoms with Gasteiger partial charge in [0, 0.05) is 10.8 Å². The van der Waals surface area contributed by atoms with Gasteiger partial charge in [-0.1, -0.05) is 159 Å². The highest BCUT2D eigenvalue weighted by molar-refractivity contribution is 6.10. The molecular weight excluding hydrogens is 530 g/mol. The minimum atomic E-state index is -0.0724. The maximum absolute atomic E-state index is 2.56. The molecule has 0 bridgehead atoms. The zero-order valence-electron chi connectivity index (χ0n) is 28.0. The number of hydrogen-bond acceptors (Lipinski definition) is 0. The van der Waals surface area contributed by atoms with Crippen molar-refractivity contribution in [2.75, 3.05) is 0 Å². The summed E-state index contributed by atoms with van der Waals surface area (Å²) in [7, 11) is 0. The van der Waals surface area contributed by atoms with Gasteiger partial charge < -0.3 is 4.57 Å². The zero-order chi connectivity index (χ0) is 31.4. The Kier molecular flexibility index (Phi) is 7.36. The van der Waals surface area contributed by atoms with Gasteiger partial charge in [0.05, 0.1) is 16.7 Å². The summed E-state index contributed by atoms with van der Waals surface area (Å²) in [5, 5.41) is 2.61. The van der Waals surface area contributed by atoms with E-state index in [9.17, 15) is 0 Å². The first-order valence-corrected chi connectivity index (χ1v) is 16.1. The van der Waals surface area contributed by atoms with Gasteiger partial charge in [-0.05, 0) is 73.7 Å². The fourth-order valence-corrected chi connectivity index (χ4v) is 6.74. The molecule has 0 aliphatic heterocycles. The average Bonchev–Trinajstić information content (AvgIpc) is 3.31. The first-order valence-electron chi connectivity index (χ1n) is 16.1. The Labute approximate surface area is 264 Å². The van der Waals surface area contributed by atoms with Crippen LogP contribution >= 0.6 is 0 Å². The molecule has 5 aromatic carbocycles. The lowest BCUT2D eigenvalue weighted by Crippen LogP contribution is -2.17. The molecule has 1 aromatic heterocycles. The zero-order valence-corrected chi connectivity index (χ0v) is 28.0. The van der Waals surface area contributed by atoms with E-state index in [4.69, 9.17) is 0 Å². The summed E-state index contributed by atoms with van der Waals surface area (Å²) in [6.45, 7) is 21.0. The van der Waals surface area contributed by atoms with Crippen LogP contribution in [0.25, 0.3) is 38.6 Å². The molecule has 0 spiro atoms. The van der Waals surface area contributed by atoms with Crippen LogP contribution in [0.2, 0.25) is 0 Å². The molecule has 0 fully saturated rings. The molecule has 0 saturated carbocycles. The van der Waals surface area contributed by atoms with E-state index in [0.29, 0.717) is 0 Å². The van der Waals surface area contributed by atoms with Gasteiger partial charge in [-0.3, -0.25) is 0 Å². The van der Waals surface area contributed by atoms with Crippen LogP contribution in [0.15, 0.2) is 109 Å². The molecule has 0 atom stereocenters. The first kappa shape index (κ1) is 29.9. The Balaban J connectivity index is 1.66. The molecule has 0 aliphatic rings. The van der Waals surface area contributed by atoms with E-state index in [0.717, 1.165) is 6.42 Å². The van der Waals surface area contributed by atoms with Gasteiger partial charge in [0.2, 0.25) is 0 Å². The molecule has 44 heavy (non-hydrogen) atoms. The van der Waals surface area contributed by atoms with Crippen LogP contribution in [-0.4, -0.2) is 4.57 Å². The second kappa shape index (κ2) is 10.8. The number of hydrogen-bond donors (Lipinski definition) is 0. The molecule has 1 heterocycles. The van der Waals surface area contributed by atoms with E-state index in [2.05, 4.69) is 176 Å². The van der Waals surface area contributed by atoms with E-state index < -0.39 is 0 Å². The van der Waals surface area contributed by atoms with Crippen LogP contribution in [0.3, 0.4) is 0 Å². The fraction of sp³-hybridized carbons (Fsp3) is 0.302. The quantitative estimate of drug-likeness (QED) is 0.196. The topological polar surface area (TPSA) is 4.93 Å². The van der Waals surface area contributed by atoms with Gasteiger partial charge in [0.15, 0.2) is 0 Å². The SMILES string of the molecule is CC(C)(C)c1cc(Cc2cccc3c4ccccc4n(-c4cccc(-c5ccccc5)c4C(C)(C)C)c23)cc(C(C)(C)C)c1. The van der Waals surface area contributed by atoms with Gasteiger partial charge in [-0.25, -0.2) is 0 Å². The second-order valence-corrected chi connectivity index (χ2v) is 15.6. The Morgan fingerprint density at radius 2 is 1.11 bits per heavy atom. The third kappa shape index (κ3) is 5.50. The molecule has 0 N–H and O–H groups in total. The summed E-state index contributed by atoms with van der Waals surface area (Å²) in [5.74, 6) is 0. The van der Waals surface area contributed by atoms with Crippen LogP contribution in [0.5, 0.6) is 0 Å². The Hall–Kier alpha value is -4.10. The Bertz CT molecular complexity index is 1930. The van der Waals surface area contributed by atoms with E-state index in [1.807, 2.05) is 0 Å². The van der Waals surface area contributed by atoms with Crippen LogP contribution in [0, 0.1) is 0 Å². The third-order valence-electron chi connectivity index (χ3n) is 9.02. The van der Waals surface area contributed by atoms with Gasteiger partial charge in [0.1, 0.15) is 0 Å². The minimum absolute atomic E-state index is 0.0724. The van der Waals surface area contributed by atoms with Crippen molar-refractivity contribution in [1.29, 1.82) is 0 Å². The van der Waals surface area contributed by atoms with Crippen LogP contribution < -0.4 is 0 Å². The molecule has 0 aliphatic carbocycles. The molecule has 0 saturated heterocycles. The lowest BCUT2D eigenvalue weighted by atomic mass is 9.79. The van der Waals surface area contributed by atoms with Crippen molar-refractivity contribution in [3.05, 3.63) is 137 Å². The molecule has 0 unspecified atom stereocenters. The molecule has 1 nitrogen and oxygen atoms in total. The molecule has 1 heteroatoms. The number of nitrogens with zero attached hydrogens (tertiary/aromatic N) is 1. The van der Waals surface area contributed by atoms with Gasteiger partial charge in [-0.15, -0.1) is 0 Å². The van der Waals surface area contributed by atoms with Crippen molar-refractivity contribution in [2.45, 2.75) is 85.0 Å². The molecular formula is C43H47N. The fourth-order valence-electron chi connectivity index (χ4n) is 6.74. The van der Waals surface area contributed by atoms with Crippen molar-refractivity contribution >= 4 is 21.8 Å². The normalized spacial score (nSPS) is 12.8. The van der Waals surface area contributed by atoms with E-state index in [1.54, 1.807) is 0 Å². The number of rotatable bonds is 4. The van der Waals surface area contributed by atoms with Crippen LogP contribution in [-0.2, 0) is 22.7 Å². The number of fused-ring (bicyclic) bond motifs is 3. The van der Waals surface area contributed by atoms with Crippen molar-refractivity contribution in [3.63, 3.8) is 0 Å². The monoisotopic (exact) mass is 577 g/mol. The lowest BCUT2D eigenvalue weighted by molar-refractivity contribution is 0.567. The van der Waals surface area contributed by atoms with E-state index in [1.165, 1.54) is 66.4 Å².